The molecule has 2 aromatic heterocycles. The van der Waals surface area contributed by atoms with Crippen LogP contribution in [0.1, 0.15) is 11.5 Å². The predicted molar refractivity (Wildman–Crippen MR) is 72.3 cm³/mol. The van der Waals surface area contributed by atoms with Gasteiger partial charge in [0.25, 0.3) is 0 Å². The first-order chi connectivity index (χ1) is 9.16. The lowest BCUT2D eigenvalue weighted by Gasteiger charge is -2.24. The summed E-state index contributed by atoms with van der Waals surface area (Å²) in [6, 6.07) is 0. The van der Waals surface area contributed by atoms with E-state index in [0.29, 0.717) is 13.1 Å². The Morgan fingerprint density at radius 1 is 1.47 bits per heavy atom. The van der Waals surface area contributed by atoms with Gasteiger partial charge in [-0.15, -0.1) is 0 Å². The summed E-state index contributed by atoms with van der Waals surface area (Å²) in [5.74, 6) is 0.838. The van der Waals surface area contributed by atoms with E-state index >= 15 is 0 Å². The molecule has 0 aliphatic carbocycles. The van der Waals surface area contributed by atoms with Crippen LogP contribution in [0.4, 0.5) is 5.13 Å². The van der Waals surface area contributed by atoms with Gasteiger partial charge in [0, 0.05) is 19.3 Å². The summed E-state index contributed by atoms with van der Waals surface area (Å²) >= 11 is 1.50. The molecule has 0 atom stereocenters. The zero-order valence-electron chi connectivity index (χ0n) is 10.8. The topological polar surface area (TPSA) is 71.3 Å². The van der Waals surface area contributed by atoms with Crippen LogP contribution in [0.2, 0.25) is 0 Å². The average molecular weight is 278 g/mol. The van der Waals surface area contributed by atoms with Crippen LogP contribution in [0.5, 0.6) is 0 Å². The SMILES string of the molecule is Cc1noc(C)c1-c1cnc(N2CCNCC2=O)s1. The number of hydrogen-bond acceptors (Lipinski definition) is 6. The molecule has 0 aromatic carbocycles. The highest BCUT2D eigenvalue weighted by molar-refractivity contribution is 7.19. The minimum absolute atomic E-state index is 0.0610. The Balaban J connectivity index is 1.93. The molecule has 0 unspecified atom stereocenters. The van der Waals surface area contributed by atoms with Gasteiger partial charge in [0.2, 0.25) is 5.91 Å². The van der Waals surface area contributed by atoms with E-state index < -0.39 is 0 Å². The van der Waals surface area contributed by atoms with Gasteiger partial charge < -0.3 is 9.84 Å². The molecular formula is C12H14N4O2S. The van der Waals surface area contributed by atoms with E-state index in [1.165, 1.54) is 11.3 Å². The Morgan fingerprint density at radius 2 is 2.32 bits per heavy atom. The Hall–Kier alpha value is -1.73. The van der Waals surface area contributed by atoms with Gasteiger partial charge in [0.05, 0.1) is 22.7 Å². The molecule has 0 bridgehead atoms. The molecule has 1 saturated heterocycles. The number of rotatable bonds is 2. The van der Waals surface area contributed by atoms with Crippen molar-refractivity contribution in [2.24, 2.45) is 0 Å². The van der Waals surface area contributed by atoms with Crippen LogP contribution in [0.15, 0.2) is 10.7 Å². The fourth-order valence-corrected chi connectivity index (χ4v) is 3.25. The van der Waals surface area contributed by atoms with Gasteiger partial charge in [0.15, 0.2) is 5.13 Å². The normalized spacial score (nSPS) is 16.1. The van der Waals surface area contributed by atoms with Crippen molar-refractivity contribution in [3.8, 4) is 10.4 Å². The first-order valence-corrected chi connectivity index (χ1v) is 6.88. The molecule has 6 nitrogen and oxygen atoms in total. The highest BCUT2D eigenvalue weighted by Crippen LogP contribution is 2.35. The molecule has 1 N–H and O–H groups in total. The zero-order chi connectivity index (χ0) is 13.4. The van der Waals surface area contributed by atoms with Crippen LogP contribution in [0.25, 0.3) is 10.4 Å². The second kappa shape index (κ2) is 4.75. The lowest BCUT2D eigenvalue weighted by atomic mass is 10.2. The first kappa shape index (κ1) is 12.3. The smallest absolute Gasteiger partial charge is 0.242 e. The van der Waals surface area contributed by atoms with Crippen molar-refractivity contribution in [3.63, 3.8) is 0 Å². The van der Waals surface area contributed by atoms with Gasteiger partial charge in [0.1, 0.15) is 5.76 Å². The standard InChI is InChI=1S/C12H14N4O2S/c1-7-11(8(2)18-15-7)9-5-14-12(19-9)16-4-3-13-6-10(16)17/h5,13H,3-4,6H2,1-2H3. The quantitative estimate of drug-likeness (QED) is 0.898. The Kier molecular flexibility index (Phi) is 3.08. The second-order valence-electron chi connectivity index (χ2n) is 4.43. The summed E-state index contributed by atoms with van der Waals surface area (Å²) in [6.07, 6.45) is 1.78. The van der Waals surface area contributed by atoms with E-state index in [9.17, 15) is 4.79 Å². The van der Waals surface area contributed by atoms with Gasteiger partial charge in [-0.3, -0.25) is 9.69 Å². The lowest BCUT2D eigenvalue weighted by Crippen LogP contribution is -2.48. The molecule has 3 rings (SSSR count). The van der Waals surface area contributed by atoms with E-state index in [-0.39, 0.29) is 5.91 Å². The molecule has 0 spiro atoms. The number of aryl methyl sites for hydroxylation is 2. The van der Waals surface area contributed by atoms with Crippen LogP contribution >= 0.6 is 11.3 Å². The van der Waals surface area contributed by atoms with Crippen molar-refractivity contribution >= 4 is 22.4 Å². The highest BCUT2D eigenvalue weighted by Gasteiger charge is 2.23. The van der Waals surface area contributed by atoms with Crippen molar-refractivity contribution < 1.29 is 9.32 Å². The van der Waals surface area contributed by atoms with Crippen LogP contribution < -0.4 is 10.2 Å². The van der Waals surface area contributed by atoms with E-state index in [2.05, 4.69) is 15.5 Å². The molecule has 1 aliphatic heterocycles. The van der Waals surface area contributed by atoms with Gasteiger partial charge in [-0.25, -0.2) is 4.98 Å². The number of piperazine rings is 1. The lowest BCUT2D eigenvalue weighted by molar-refractivity contribution is -0.118. The number of nitrogens with one attached hydrogen (secondary N) is 1. The summed E-state index contributed by atoms with van der Waals surface area (Å²) in [5.41, 5.74) is 1.82. The third-order valence-electron chi connectivity index (χ3n) is 3.09. The van der Waals surface area contributed by atoms with Crippen LogP contribution in [-0.4, -0.2) is 35.7 Å². The van der Waals surface area contributed by atoms with Gasteiger partial charge in [-0.1, -0.05) is 16.5 Å². The van der Waals surface area contributed by atoms with Crippen molar-refractivity contribution in [1.29, 1.82) is 0 Å². The molecular weight excluding hydrogens is 264 g/mol. The fourth-order valence-electron chi connectivity index (χ4n) is 2.15. The zero-order valence-corrected chi connectivity index (χ0v) is 11.6. The molecule has 2 aromatic rings. The van der Waals surface area contributed by atoms with Gasteiger partial charge in [-0.2, -0.15) is 0 Å². The van der Waals surface area contributed by atoms with Gasteiger partial charge >= 0.3 is 0 Å². The molecule has 0 radical (unpaired) electrons. The molecule has 19 heavy (non-hydrogen) atoms. The van der Waals surface area contributed by atoms with E-state index in [0.717, 1.165) is 33.6 Å². The van der Waals surface area contributed by atoms with Crippen LogP contribution in [0.3, 0.4) is 0 Å². The van der Waals surface area contributed by atoms with Crippen molar-refractivity contribution in [2.45, 2.75) is 13.8 Å². The Bertz CT molecular complexity index is 600. The third kappa shape index (κ3) is 2.15. The van der Waals surface area contributed by atoms with E-state index in [1.54, 1.807) is 11.1 Å². The number of amides is 1. The number of carbonyl (C=O) groups excluding carboxylic acids is 1. The Morgan fingerprint density at radius 3 is 3.00 bits per heavy atom. The monoisotopic (exact) mass is 278 g/mol. The maximum Gasteiger partial charge on any atom is 0.242 e. The van der Waals surface area contributed by atoms with Gasteiger partial charge in [-0.05, 0) is 13.8 Å². The Labute approximate surface area is 114 Å². The number of carbonyl (C=O) groups is 1. The first-order valence-electron chi connectivity index (χ1n) is 6.07. The molecule has 3 heterocycles. The number of nitrogens with zero attached hydrogens (tertiary/aromatic N) is 3. The van der Waals surface area contributed by atoms with Crippen molar-refractivity contribution in [2.75, 3.05) is 24.5 Å². The number of anilines is 1. The average Bonchev–Trinajstić information content (AvgIpc) is 2.97. The minimum atomic E-state index is 0.0610. The largest absolute Gasteiger partial charge is 0.361 e. The summed E-state index contributed by atoms with van der Waals surface area (Å²) in [4.78, 5) is 18.9. The van der Waals surface area contributed by atoms with E-state index in [4.69, 9.17) is 4.52 Å². The molecule has 1 amide bonds. The molecule has 1 fully saturated rings. The summed E-state index contributed by atoms with van der Waals surface area (Å²) in [5, 5.41) is 7.73. The van der Waals surface area contributed by atoms with E-state index in [1.807, 2.05) is 13.8 Å². The molecule has 0 saturated carbocycles. The minimum Gasteiger partial charge on any atom is -0.361 e. The van der Waals surface area contributed by atoms with Crippen LogP contribution in [-0.2, 0) is 4.79 Å². The van der Waals surface area contributed by atoms with Crippen molar-refractivity contribution in [1.82, 2.24) is 15.5 Å². The molecule has 7 heteroatoms. The van der Waals surface area contributed by atoms with Crippen molar-refractivity contribution in [3.05, 3.63) is 17.7 Å². The second-order valence-corrected chi connectivity index (χ2v) is 5.44. The number of hydrogen-bond donors (Lipinski definition) is 1. The fraction of sp³-hybridized carbons (Fsp3) is 0.417. The summed E-state index contributed by atoms with van der Waals surface area (Å²) in [6.45, 7) is 5.62. The number of aromatic nitrogens is 2. The third-order valence-corrected chi connectivity index (χ3v) is 4.13. The highest BCUT2D eigenvalue weighted by atomic mass is 32.1. The molecule has 100 valence electrons. The molecule has 1 aliphatic rings. The summed E-state index contributed by atoms with van der Waals surface area (Å²) in [7, 11) is 0. The van der Waals surface area contributed by atoms with Crippen LogP contribution in [0, 0.1) is 13.8 Å². The predicted octanol–water partition coefficient (Wildman–Crippen LogP) is 1.35. The maximum atomic E-state index is 11.8. The summed E-state index contributed by atoms with van der Waals surface area (Å²) < 4.78 is 5.16. The maximum absolute atomic E-state index is 11.8. The number of thiazole rings is 1.